The Bertz CT molecular complexity index is 1090. The van der Waals surface area contributed by atoms with E-state index in [9.17, 15) is 4.79 Å². The van der Waals surface area contributed by atoms with Crippen molar-refractivity contribution < 1.29 is 4.79 Å². The van der Waals surface area contributed by atoms with Crippen molar-refractivity contribution >= 4 is 45.0 Å². The number of aromatic nitrogens is 6. The summed E-state index contributed by atoms with van der Waals surface area (Å²) in [6, 6.07) is 9.62. The number of benzene rings is 1. The van der Waals surface area contributed by atoms with Crippen LogP contribution in [0.3, 0.4) is 0 Å². The van der Waals surface area contributed by atoms with Gasteiger partial charge in [-0.05, 0) is 41.1 Å². The minimum absolute atomic E-state index is 0.116. The van der Waals surface area contributed by atoms with Crippen molar-refractivity contribution in [2.24, 2.45) is 7.05 Å². The van der Waals surface area contributed by atoms with Gasteiger partial charge in [0.25, 0.3) is 0 Å². The maximum atomic E-state index is 12.3. The van der Waals surface area contributed by atoms with Crippen LogP contribution < -0.4 is 5.32 Å². The molecule has 0 aliphatic carbocycles. The highest BCUT2D eigenvalue weighted by Crippen LogP contribution is 2.33. The number of tetrazole rings is 1. The van der Waals surface area contributed by atoms with Gasteiger partial charge in [0.1, 0.15) is 15.4 Å². The molecule has 1 aromatic carbocycles. The monoisotopic (exact) mass is 397 g/mol. The third-order valence-electron chi connectivity index (χ3n) is 3.92. The molecule has 27 heavy (non-hydrogen) atoms. The fraction of sp³-hybridized carbons (Fsp3) is 0.176. The fourth-order valence-corrected chi connectivity index (χ4v) is 4.19. The zero-order chi connectivity index (χ0) is 18.8. The molecule has 4 aromatic rings. The Kier molecular flexibility index (Phi) is 4.82. The number of fused-ring (bicyclic) bond motifs is 1. The van der Waals surface area contributed by atoms with Gasteiger partial charge in [0.05, 0.1) is 5.75 Å². The first-order valence-corrected chi connectivity index (χ1v) is 9.88. The van der Waals surface area contributed by atoms with E-state index in [0.29, 0.717) is 5.16 Å². The maximum Gasteiger partial charge on any atom is 0.234 e. The second-order valence-corrected chi connectivity index (χ2v) is 7.67. The number of hydrogen-bond acceptors (Lipinski definition) is 8. The number of nitrogens with one attached hydrogen (secondary N) is 1. The van der Waals surface area contributed by atoms with Crippen LogP contribution >= 0.6 is 23.1 Å². The Morgan fingerprint density at radius 2 is 2.19 bits per heavy atom. The van der Waals surface area contributed by atoms with Gasteiger partial charge in [-0.3, -0.25) is 4.79 Å². The van der Waals surface area contributed by atoms with Crippen molar-refractivity contribution in [1.82, 2.24) is 30.2 Å². The van der Waals surface area contributed by atoms with Crippen LogP contribution in [-0.4, -0.2) is 41.8 Å². The Hall–Kier alpha value is -2.85. The smallest absolute Gasteiger partial charge is 0.234 e. The number of pyridine rings is 1. The van der Waals surface area contributed by atoms with Crippen molar-refractivity contribution in [1.29, 1.82) is 0 Å². The molecular formula is C17H15N7OS2. The van der Waals surface area contributed by atoms with E-state index in [1.807, 2.05) is 37.3 Å². The van der Waals surface area contributed by atoms with E-state index in [2.05, 4.69) is 30.8 Å². The summed E-state index contributed by atoms with van der Waals surface area (Å²) in [6.07, 6.45) is 1.76. The van der Waals surface area contributed by atoms with Crippen LogP contribution in [0.2, 0.25) is 0 Å². The van der Waals surface area contributed by atoms with Gasteiger partial charge in [-0.15, -0.1) is 5.10 Å². The zero-order valence-electron chi connectivity index (χ0n) is 14.6. The van der Waals surface area contributed by atoms with Gasteiger partial charge in [-0.2, -0.15) is 0 Å². The van der Waals surface area contributed by atoms with E-state index < -0.39 is 0 Å². The number of hydrogen-bond donors (Lipinski definition) is 1. The average Bonchev–Trinajstić information content (AvgIpc) is 3.27. The van der Waals surface area contributed by atoms with Crippen LogP contribution in [0.4, 0.5) is 5.69 Å². The van der Waals surface area contributed by atoms with Gasteiger partial charge in [0.2, 0.25) is 11.1 Å². The average molecular weight is 397 g/mol. The second-order valence-electron chi connectivity index (χ2n) is 5.75. The lowest BCUT2D eigenvalue weighted by Crippen LogP contribution is -2.15. The molecule has 8 nitrogen and oxygen atoms in total. The summed E-state index contributed by atoms with van der Waals surface area (Å²) in [5, 5.41) is 15.6. The number of rotatable bonds is 5. The summed E-state index contributed by atoms with van der Waals surface area (Å²) >= 11 is 2.83. The molecule has 0 spiro atoms. The summed E-state index contributed by atoms with van der Waals surface area (Å²) < 4.78 is 1.53. The molecule has 0 aliphatic heterocycles. The molecule has 0 unspecified atom stereocenters. The summed E-state index contributed by atoms with van der Waals surface area (Å²) in [5.74, 6) is 0.109. The van der Waals surface area contributed by atoms with Crippen LogP contribution in [0.25, 0.3) is 20.9 Å². The lowest BCUT2D eigenvalue weighted by molar-refractivity contribution is -0.113. The molecular weight excluding hydrogens is 382 g/mol. The quantitative estimate of drug-likeness (QED) is 0.517. The van der Waals surface area contributed by atoms with E-state index in [0.717, 1.165) is 32.2 Å². The molecule has 0 atom stereocenters. The SMILES string of the molecule is Cc1c(NC(=O)CSc2nnnn2C)cccc1-c1nc2cccnc2s1. The summed E-state index contributed by atoms with van der Waals surface area (Å²) in [4.78, 5) is 22.2. The van der Waals surface area contributed by atoms with Crippen molar-refractivity contribution in [3.63, 3.8) is 0 Å². The van der Waals surface area contributed by atoms with Crippen molar-refractivity contribution in [3.8, 4) is 10.6 Å². The summed E-state index contributed by atoms with van der Waals surface area (Å²) in [5.41, 5.74) is 3.60. The fourth-order valence-electron chi connectivity index (χ4n) is 2.55. The number of aryl methyl sites for hydroxylation is 1. The van der Waals surface area contributed by atoms with E-state index >= 15 is 0 Å². The van der Waals surface area contributed by atoms with Crippen molar-refractivity contribution in [2.75, 3.05) is 11.1 Å². The number of anilines is 1. The third kappa shape index (κ3) is 3.67. The Morgan fingerprint density at radius 1 is 1.30 bits per heavy atom. The molecule has 0 saturated heterocycles. The summed E-state index contributed by atoms with van der Waals surface area (Å²) in [7, 11) is 1.74. The lowest BCUT2D eigenvalue weighted by atomic mass is 10.1. The van der Waals surface area contributed by atoms with Crippen LogP contribution in [0.5, 0.6) is 0 Å². The standard InChI is InChI=1S/C17H15N7OS2/c1-10-11(15-20-13-7-4-8-18-16(13)27-15)5-3-6-12(10)19-14(25)9-26-17-21-22-23-24(17)2/h3-8H,9H2,1-2H3,(H,19,25). The number of carbonyl (C=O) groups is 1. The number of thioether (sulfide) groups is 1. The highest BCUT2D eigenvalue weighted by molar-refractivity contribution is 7.99. The van der Waals surface area contributed by atoms with Crippen molar-refractivity contribution in [2.45, 2.75) is 12.1 Å². The van der Waals surface area contributed by atoms with Crippen LogP contribution in [0, 0.1) is 6.92 Å². The molecule has 3 aromatic heterocycles. The molecule has 0 fully saturated rings. The third-order valence-corrected chi connectivity index (χ3v) is 5.94. The highest BCUT2D eigenvalue weighted by atomic mass is 32.2. The van der Waals surface area contributed by atoms with Crippen LogP contribution in [0.15, 0.2) is 41.7 Å². The molecule has 1 amide bonds. The molecule has 3 heterocycles. The van der Waals surface area contributed by atoms with Gasteiger partial charge >= 0.3 is 0 Å². The second kappa shape index (κ2) is 7.41. The van der Waals surface area contributed by atoms with Gasteiger partial charge < -0.3 is 5.32 Å². The first-order chi connectivity index (χ1) is 13.1. The predicted octanol–water partition coefficient (Wildman–Crippen LogP) is 2.92. The maximum absolute atomic E-state index is 12.3. The van der Waals surface area contributed by atoms with E-state index in [1.165, 1.54) is 27.8 Å². The van der Waals surface area contributed by atoms with Crippen LogP contribution in [0.1, 0.15) is 5.56 Å². The normalized spacial score (nSPS) is 11.0. The summed E-state index contributed by atoms with van der Waals surface area (Å²) in [6.45, 7) is 1.98. The van der Waals surface area contributed by atoms with Gasteiger partial charge in [0, 0.05) is 24.5 Å². The lowest BCUT2D eigenvalue weighted by Gasteiger charge is -2.11. The number of thiazole rings is 1. The first kappa shape index (κ1) is 17.6. The minimum Gasteiger partial charge on any atom is -0.325 e. The molecule has 0 radical (unpaired) electrons. The Balaban J connectivity index is 1.53. The molecule has 4 rings (SSSR count). The first-order valence-electron chi connectivity index (χ1n) is 8.08. The van der Waals surface area contributed by atoms with Gasteiger partial charge in [-0.25, -0.2) is 14.6 Å². The Labute approximate surface area is 163 Å². The van der Waals surface area contributed by atoms with Gasteiger partial charge in [-0.1, -0.05) is 35.2 Å². The largest absolute Gasteiger partial charge is 0.325 e. The molecule has 0 saturated carbocycles. The van der Waals surface area contributed by atoms with Crippen LogP contribution in [-0.2, 0) is 11.8 Å². The number of nitrogens with zero attached hydrogens (tertiary/aromatic N) is 6. The molecule has 0 aliphatic rings. The number of amides is 1. The van der Waals surface area contributed by atoms with E-state index in [1.54, 1.807) is 13.2 Å². The minimum atomic E-state index is -0.116. The molecule has 1 N–H and O–H groups in total. The Morgan fingerprint density at radius 3 is 2.96 bits per heavy atom. The van der Waals surface area contributed by atoms with Crippen molar-refractivity contribution in [3.05, 3.63) is 42.1 Å². The molecule has 10 heteroatoms. The zero-order valence-corrected chi connectivity index (χ0v) is 16.2. The topological polar surface area (TPSA) is 98.5 Å². The molecule has 0 bridgehead atoms. The van der Waals surface area contributed by atoms with E-state index in [4.69, 9.17) is 0 Å². The number of carbonyl (C=O) groups excluding carboxylic acids is 1. The van der Waals surface area contributed by atoms with E-state index in [-0.39, 0.29) is 11.7 Å². The highest BCUT2D eigenvalue weighted by Gasteiger charge is 2.14. The van der Waals surface area contributed by atoms with Gasteiger partial charge in [0.15, 0.2) is 0 Å². The predicted molar refractivity (Wildman–Crippen MR) is 106 cm³/mol. The molecule has 136 valence electrons.